The first-order valence-electron chi connectivity index (χ1n) is 8.35. The molecule has 0 aliphatic carbocycles. The van der Waals surface area contributed by atoms with Crippen molar-refractivity contribution >= 4 is 11.6 Å². The van der Waals surface area contributed by atoms with E-state index < -0.39 is 17.6 Å². The second kappa shape index (κ2) is 8.58. The number of halogens is 3. The molecule has 0 saturated heterocycles. The van der Waals surface area contributed by atoms with Crippen molar-refractivity contribution in [1.82, 2.24) is 15.2 Å². The smallest absolute Gasteiger partial charge is 0.298 e. The highest BCUT2D eigenvalue weighted by atomic mass is 19.4. The topological polar surface area (TPSA) is 82.7 Å². The summed E-state index contributed by atoms with van der Waals surface area (Å²) in [5, 5.41) is 13.0. The summed E-state index contributed by atoms with van der Waals surface area (Å²) >= 11 is 0. The number of carbonyl (C=O) groups excluding carboxylic acids is 1. The van der Waals surface area contributed by atoms with Crippen molar-refractivity contribution in [3.05, 3.63) is 46.8 Å². The maximum Gasteiger partial charge on any atom is 0.418 e. The molecule has 1 aromatic heterocycles. The number of nitrogens with one attached hydrogen (secondary N) is 2. The summed E-state index contributed by atoms with van der Waals surface area (Å²) in [6.45, 7) is 4.16. The first-order valence-corrected chi connectivity index (χ1v) is 8.35. The Morgan fingerprint density at radius 2 is 2.00 bits per heavy atom. The normalized spacial score (nSPS) is 11.1. The summed E-state index contributed by atoms with van der Waals surface area (Å²) in [6, 6.07) is 6.98. The number of hydrogen-bond acceptors (Lipinski definition) is 4. The molecule has 1 heterocycles. The molecule has 144 valence electrons. The number of nitrogens with zero attached hydrogens (tertiary/aromatic N) is 3. The minimum absolute atomic E-state index is 0.0901. The second-order valence-corrected chi connectivity index (χ2v) is 6.00. The Kier molecular flexibility index (Phi) is 6.45. The van der Waals surface area contributed by atoms with Crippen molar-refractivity contribution in [2.45, 2.75) is 45.8 Å². The van der Waals surface area contributed by atoms with E-state index in [9.17, 15) is 18.0 Å². The van der Waals surface area contributed by atoms with Gasteiger partial charge in [-0.3, -0.25) is 20.3 Å². The Morgan fingerprint density at radius 3 is 2.67 bits per heavy atom. The van der Waals surface area contributed by atoms with Gasteiger partial charge >= 0.3 is 6.18 Å². The van der Waals surface area contributed by atoms with Gasteiger partial charge < -0.3 is 0 Å². The number of hydrogen-bond donors (Lipinski definition) is 2. The van der Waals surface area contributed by atoms with Gasteiger partial charge in [0.2, 0.25) is 5.91 Å². The number of aryl methyl sites for hydroxylation is 2. The number of nitriles is 1. The van der Waals surface area contributed by atoms with Crippen molar-refractivity contribution < 1.29 is 18.0 Å². The number of aromatic nitrogens is 2. The van der Waals surface area contributed by atoms with Crippen LogP contribution in [0.4, 0.5) is 18.9 Å². The van der Waals surface area contributed by atoms with Crippen LogP contribution in [0.25, 0.3) is 0 Å². The third kappa shape index (κ3) is 5.23. The molecule has 1 aromatic carbocycles. The zero-order valence-electron chi connectivity index (χ0n) is 15.0. The molecule has 0 atom stereocenters. The fourth-order valence-electron chi connectivity index (χ4n) is 2.75. The Morgan fingerprint density at radius 1 is 1.30 bits per heavy atom. The maximum atomic E-state index is 12.9. The van der Waals surface area contributed by atoms with Crippen LogP contribution in [0, 0.1) is 25.2 Å². The molecule has 2 N–H and O–H groups in total. The number of amides is 1. The van der Waals surface area contributed by atoms with E-state index in [1.807, 2.05) is 13.8 Å². The summed E-state index contributed by atoms with van der Waals surface area (Å²) in [6.07, 6.45) is -3.68. The first-order chi connectivity index (χ1) is 12.7. The van der Waals surface area contributed by atoms with Crippen molar-refractivity contribution in [3.8, 4) is 6.07 Å². The number of alkyl halides is 3. The standard InChI is InChI=1S/C18H20F3N5O/c1-12-14(13(2)26(25-12)11-5-10-22)8-9-17(27)24-23-16-7-4-3-6-15(16)18(19,20)21/h3-4,6-7,23H,5,8-9,11H2,1-2H3,(H,24,27). The molecule has 0 spiro atoms. The van der Waals surface area contributed by atoms with Gasteiger partial charge in [0.25, 0.3) is 0 Å². The van der Waals surface area contributed by atoms with Crippen LogP contribution in [-0.2, 0) is 23.9 Å². The molecule has 6 nitrogen and oxygen atoms in total. The number of rotatable bonds is 7. The van der Waals surface area contributed by atoms with Crippen molar-refractivity contribution in [2.24, 2.45) is 0 Å². The van der Waals surface area contributed by atoms with E-state index in [4.69, 9.17) is 5.26 Å². The number of anilines is 1. The maximum absolute atomic E-state index is 12.9. The lowest BCUT2D eigenvalue weighted by molar-refractivity contribution is -0.137. The van der Waals surface area contributed by atoms with E-state index in [0.717, 1.165) is 23.0 Å². The average molecular weight is 379 g/mol. The zero-order chi connectivity index (χ0) is 20.0. The predicted octanol–water partition coefficient (Wildman–Crippen LogP) is 3.51. The summed E-state index contributed by atoms with van der Waals surface area (Å²) in [5.74, 6) is -0.435. The summed E-state index contributed by atoms with van der Waals surface area (Å²) in [4.78, 5) is 12.0. The largest absolute Gasteiger partial charge is 0.418 e. The Labute approximate surface area is 155 Å². The molecule has 0 bridgehead atoms. The zero-order valence-corrected chi connectivity index (χ0v) is 15.0. The average Bonchev–Trinajstić information content (AvgIpc) is 2.89. The molecule has 0 saturated carbocycles. The van der Waals surface area contributed by atoms with Crippen LogP contribution in [0.15, 0.2) is 24.3 Å². The van der Waals surface area contributed by atoms with E-state index in [0.29, 0.717) is 19.4 Å². The van der Waals surface area contributed by atoms with Gasteiger partial charge in [-0.05, 0) is 38.0 Å². The quantitative estimate of drug-likeness (QED) is 0.721. The van der Waals surface area contributed by atoms with Gasteiger partial charge in [-0.15, -0.1) is 0 Å². The molecule has 0 fully saturated rings. The minimum Gasteiger partial charge on any atom is -0.298 e. The lowest BCUT2D eigenvalue weighted by Crippen LogP contribution is -2.30. The van der Waals surface area contributed by atoms with Crippen LogP contribution in [0.3, 0.4) is 0 Å². The minimum atomic E-state index is -4.51. The van der Waals surface area contributed by atoms with E-state index >= 15 is 0 Å². The van der Waals surface area contributed by atoms with Gasteiger partial charge in [-0.2, -0.15) is 23.5 Å². The third-order valence-corrected chi connectivity index (χ3v) is 4.14. The lowest BCUT2D eigenvalue weighted by atomic mass is 10.1. The molecule has 9 heteroatoms. The van der Waals surface area contributed by atoms with Gasteiger partial charge in [-0.25, -0.2) is 0 Å². The number of para-hydroxylation sites is 1. The molecule has 2 rings (SSSR count). The SMILES string of the molecule is Cc1nn(CCC#N)c(C)c1CCC(=O)NNc1ccccc1C(F)(F)F. The van der Waals surface area contributed by atoms with Crippen LogP contribution in [-0.4, -0.2) is 15.7 Å². The molecule has 0 radical (unpaired) electrons. The second-order valence-electron chi connectivity index (χ2n) is 6.00. The fraction of sp³-hybridized carbons (Fsp3) is 0.389. The highest BCUT2D eigenvalue weighted by Gasteiger charge is 2.33. The third-order valence-electron chi connectivity index (χ3n) is 4.14. The van der Waals surface area contributed by atoms with E-state index in [2.05, 4.69) is 22.0 Å². The highest BCUT2D eigenvalue weighted by Crippen LogP contribution is 2.34. The van der Waals surface area contributed by atoms with Crippen LogP contribution in [0.5, 0.6) is 0 Å². The van der Waals surface area contributed by atoms with Crippen LogP contribution in [0.1, 0.15) is 35.4 Å². The van der Waals surface area contributed by atoms with E-state index in [1.54, 1.807) is 4.68 Å². The van der Waals surface area contributed by atoms with Gasteiger partial charge in [0.1, 0.15) is 0 Å². The number of carbonyl (C=O) groups is 1. The molecule has 0 aliphatic rings. The molecular weight excluding hydrogens is 359 g/mol. The molecule has 1 amide bonds. The van der Waals surface area contributed by atoms with Crippen molar-refractivity contribution in [1.29, 1.82) is 5.26 Å². The van der Waals surface area contributed by atoms with Crippen molar-refractivity contribution in [2.75, 3.05) is 5.43 Å². The fourth-order valence-corrected chi connectivity index (χ4v) is 2.75. The number of benzene rings is 1. The molecule has 2 aromatic rings. The molecule has 27 heavy (non-hydrogen) atoms. The first kappa shape index (κ1) is 20.3. The van der Waals surface area contributed by atoms with Gasteiger partial charge in [-0.1, -0.05) is 12.1 Å². The lowest BCUT2D eigenvalue weighted by Gasteiger charge is -2.15. The predicted molar refractivity (Wildman–Crippen MR) is 93.5 cm³/mol. The summed E-state index contributed by atoms with van der Waals surface area (Å²) in [7, 11) is 0. The van der Waals surface area contributed by atoms with Gasteiger partial charge in [0.15, 0.2) is 0 Å². The highest BCUT2D eigenvalue weighted by molar-refractivity contribution is 5.78. The van der Waals surface area contributed by atoms with Gasteiger partial charge in [0, 0.05) is 12.1 Å². The number of hydrazine groups is 1. The van der Waals surface area contributed by atoms with Crippen LogP contribution in [0.2, 0.25) is 0 Å². The Hall–Kier alpha value is -3.02. The van der Waals surface area contributed by atoms with Crippen molar-refractivity contribution in [3.63, 3.8) is 0 Å². The summed E-state index contributed by atoms with van der Waals surface area (Å²) < 4.78 is 40.5. The molecule has 0 aliphatic heterocycles. The monoisotopic (exact) mass is 379 g/mol. The van der Waals surface area contributed by atoms with Crippen LogP contribution < -0.4 is 10.9 Å². The van der Waals surface area contributed by atoms with Crippen LogP contribution >= 0.6 is 0 Å². The molecular formula is C18H20F3N5O. The van der Waals surface area contributed by atoms with E-state index in [1.165, 1.54) is 18.2 Å². The summed E-state index contributed by atoms with van der Waals surface area (Å²) in [5.41, 5.74) is 6.13. The van der Waals surface area contributed by atoms with E-state index in [-0.39, 0.29) is 12.1 Å². The Bertz CT molecular complexity index is 852. The Balaban J connectivity index is 1.95. The van der Waals surface area contributed by atoms with Gasteiger partial charge in [0.05, 0.1) is 36.0 Å². The molecule has 0 unspecified atom stereocenters.